The fraction of sp³-hybridized carbons (Fsp3) is 0.696. The van der Waals surface area contributed by atoms with E-state index < -0.39 is 7.32 Å². The minimum absolute atomic E-state index is 0. The molecule has 17 nitrogen and oxygen atoms in total. The molecule has 23 heteroatoms. The molecular formula is C46H101B3Br2N9O8S. The van der Waals surface area contributed by atoms with Gasteiger partial charge in [0.05, 0.1) is 56.6 Å². The Bertz CT molecular complexity index is 1630. The van der Waals surface area contributed by atoms with Gasteiger partial charge in [-0.2, -0.15) is 20.4 Å². The van der Waals surface area contributed by atoms with Crippen molar-refractivity contribution in [2.24, 2.45) is 4.30 Å². The Labute approximate surface area is 447 Å². The van der Waals surface area contributed by atoms with Crippen molar-refractivity contribution in [1.82, 2.24) is 40.0 Å². The molecule has 6 rings (SSSR count). The predicted molar refractivity (Wildman–Crippen MR) is 308 cm³/mol. The number of hydrogen-bond donors (Lipinski definition) is 3. The second-order valence-corrected chi connectivity index (χ2v) is 16.4. The summed E-state index contributed by atoms with van der Waals surface area (Å²) in [5.41, 5.74) is -0.303. The van der Waals surface area contributed by atoms with E-state index in [9.17, 15) is 0 Å². The van der Waals surface area contributed by atoms with Crippen LogP contribution in [0.15, 0.2) is 81.7 Å². The van der Waals surface area contributed by atoms with Crippen molar-refractivity contribution >= 4 is 72.2 Å². The van der Waals surface area contributed by atoms with E-state index in [1.54, 1.807) is 53.7 Å². The number of nitrogens with zero attached hydrogens (tertiary/aromatic N) is 7. The first kappa shape index (κ1) is 89.3. The first-order chi connectivity index (χ1) is 28.1. The second-order valence-electron chi connectivity index (χ2n) is 14.3. The Morgan fingerprint density at radius 3 is 1.41 bits per heavy atom. The van der Waals surface area contributed by atoms with Crippen molar-refractivity contribution in [2.45, 2.75) is 192 Å². The molecule has 407 valence electrons. The molecule has 0 bridgehead atoms. The van der Waals surface area contributed by atoms with Crippen LogP contribution < -0.4 is 5.46 Å². The van der Waals surface area contributed by atoms with E-state index in [1.807, 2.05) is 108 Å². The van der Waals surface area contributed by atoms with Gasteiger partial charge in [0, 0.05) is 63.0 Å². The summed E-state index contributed by atoms with van der Waals surface area (Å²) in [6.07, 6.45) is 15.6. The maximum atomic E-state index is 5.99. The molecule has 1 radical (unpaired) electrons. The fourth-order valence-corrected chi connectivity index (χ4v) is 4.76. The van der Waals surface area contributed by atoms with Crippen LogP contribution in [0.2, 0.25) is 0 Å². The van der Waals surface area contributed by atoms with Crippen molar-refractivity contribution in [2.75, 3.05) is 26.9 Å². The number of ether oxygens (including phenoxy) is 3. The molecule has 0 aliphatic carbocycles. The van der Waals surface area contributed by atoms with Gasteiger partial charge >= 0.3 is 39.2 Å². The summed E-state index contributed by atoms with van der Waals surface area (Å²) in [5.74, 6) is 0. The molecule has 2 fully saturated rings. The van der Waals surface area contributed by atoms with Crippen molar-refractivity contribution in [3.05, 3.63) is 77.4 Å². The molecule has 0 aromatic carbocycles. The Morgan fingerprint density at radius 1 is 0.725 bits per heavy atom. The molecule has 69 heavy (non-hydrogen) atoms. The van der Waals surface area contributed by atoms with Crippen molar-refractivity contribution < 1.29 is 37.5 Å². The molecule has 2 unspecified atom stereocenters. The Kier molecular flexibility index (Phi) is 60.1. The fourth-order valence-electron chi connectivity index (χ4n) is 4.25. The van der Waals surface area contributed by atoms with Crippen LogP contribution in [0.5, 0.6) is 0 Å². The number of aromatic amines is 2. The molecule has 2 saturated heterocycles. The molecule has 2 aliphatic rings. The van der Waals surface area contributed by atoms with E-state index in [-0.39, 0.29) is 109 Å². The Balaban J connectivity index is -0.0000000771. The van der Waals surface area contributed by atoms with Crippen LogP contribution in [0.4, 0.5) is 0 Å². The maximum absolute atomic E-state index is 5.99. The average Bonchev–Trinajstić information content (AvgIpc) is 4.03. The van der Waals surface area contributed by atoms with Gasteiger partial charge in [0.25, 0.3) is 0 Å². The number of thiol groups is 1. The van der Waals surface area contributed by atoms with Crippen LogP contribution in [0.25, 0.3) is 0 Å². The predicted octanol–water partition coefficient (Wildman–Crippen LogP) is 13.8. The van der Waals surface area contributed by atoms with Gasteiger partial charge in [-0.15, -0.1) is 0 Å². The SMILES string of the molecule is Brc1cn[nH]c1.C.C.C.C.C.C.C.C.C.C=COCC.CCOC(C)n1cc(B2OC(C)(C)C(C)(C)O2)cn1.CCOC(C)n1cc(Br)cn1.COB1OC(C)(C)C(C)(C)O1.[B]=NS.c1cn[nH]c1. The van der Waals surface area contributed by atoms with Crippen LogP contribution in [0.3, 0.4) is 0 Å². The van der Waals surface area contributed by atoms with E-state index in [0.717, 1.165) is 21.0 Å². The largest absolute Gasteiger partial charge is 0.286 e. The van der Waals surface area contributed by atoms with Gasteiger partial charge in [0.15, 0.2) is 0 Å². The van der Waals surface area contributed by atoms with Gasteiger partial charge in [-0.3, -0.25) is 10.2 Å². The van der Waals surface area contributed by atoms with Crippen LogP contribution in [-0.4, -0.2) is 111 Å². The second kappa shape index (κ2) is 46.5. The molecule has 4 aromatic rings. The monoisotopic (exact) mass is 1130 g/mol. The van der Waals surface area contributed by atoms with Crippen LogP contribution >= 0.6 is 44.7 Å². The van der Waals surface area contributed by atoms with Crippen LogP contribution in [0.1, 0.15) is 169 Å². The molecule has 2 atom stereocenters. The van der Waals surface area contributed by atoms with Crippen molar-refractivity contribution in [3.8, 4) is 0 Å². The van der Waals surface area contributed by atoms with E-state index >= 15 is 0 Å². The summed E-state index contributed by atoms with van der Waals surface area (Å²) in [6.45, 7) is 31.3. The van der Waals surface area contributed by atoms with Gasteiger partial charge in [-0.25, -0.2) is 9.36 Å². The van der Waals surface area contributed by atoms with Gasteiger partial charge in [-0.1, -0.05) is 73.4 Å². The summed E-state index contributed by atoms with van der Waals surface area (Å²) in [6, 6.07) is 1.83. The minimum atomic E-state index is -0.514. The third-order valence-electron chi connectivity index (χ3n) is 8.86. The van der Waals surface area contributed by atoms with Gasteiger partial charge in [0.2, 0.25) is 0 Å². The number of halogens is 2. The molecule has 0 saturated carbocycles. The number of aromatic nitrogens is 8. The van der Waals surface area contributed by atoms with E-state index in [1.165, 1.54) is 6.26 Å². The summed E-state index contributed by atoms with van der Waals surface area (Å²) in [5, 5.41) is 20.9. The normalized spacial score (nSPS) is 14.8. The first-order valence-electron chi connectivity index (χ1n) is 19.2. The van der Waals surface area contributed by atoms with Crippen LogP contribution in [-0.2, 0) is 37.5 Å². The molecule has 0 spiro atoms. The molecular weight excluding hydrogens is 1030 g/mol. The number of H-pyrrole nitrogens is 2. The average molecular weight is 1130 g/mol. The number of rotatable bonds is 10. The third kappa shape index (κ3) is 34.4. The van der Waals surface area contributed by atoms with Gasteiger partial charge < -0.3 is 37.5 Å². The summed E-state index contributed by atoms with van der Waals surface area (Å²) in [4.78, 5) is 0. The molecule has 0 amide bonds. The first-order valence-corrected chi connectivity index (χ1v) is 21.2. The third-order valence-corrected chi connectivity index (χ3v) is 9.70. The Hall–Kier alpha value is -2.60. The summed E-state index contributed by atoms with van der Waals surface area (Å²) < 4.78 is 51.5. The zero-order valence-electron chi connectivity index (χ0n) is 37.6. The van der Waals surface area contributed by atoms with Gasteiger partial charge in [-0.05, 0) is 128 Å². The smallest absolute Gasteiger partial charge is 0.0487 e. The zero-order chi connectivity index (χ0) is 46.0. The number of hydrogen-bond acceptors (Lipinski definition) is 14. The van der Waals surface area contributed by atoms with Crippen molar-refractivity contribution in [1.29, 1.82) is 0 Å². The van der Waals surface area contributed by atoms with Crippen molar-refractivity contribution in [3.63, 3.8) is 0 Å². The minimum Gasteiger partial charge on any atom is -0.286 e. The topological polar surface area (TPSA) is 179 Å². The van der Waals surface area contributed by atoms with Gasteiger partial charge in [0.1, 0.15) is 12.5 Å². The van der Waals surface area contributed by atoms with Crippen LogP contribution in [0, 0.1) is 0 Å². The quantitative estimate of drug-likeness (QED) is 0.0778. The molecule has 2 aliphatic heterocycles. The molecule has 4 aromatic heterocycles. The summed E-state index contributed by atoms with van der Waals surface area (Å²) >= 11 is 9.69. The summed E-state index contributed by atoms with van der Waals surface area (Å²) in [7, 11) is 5.03. The zero-order valence-corrected chi connectivity index (χ0v) is 41.7. The Morgan fingerprint density at radius 2 is 1.16 bits per heavy atom. The molecule has 2 N–H and O–H groups in total. The van der Waals surface area contributed by atoms with E-state index in [2.05, 4.69) is 98.5 Å². The van der Waals surface area contributed by atoms with E-state index in [0.29, 0.717) is 13.2 Å². The standard InChI is InChI=1S/C13H23BN2O3.C7H15BO3.C7H11BrN2O.C4H8O.C3H3BrN2.C3H4N2.9CH4.BHNS/c1-7-17-10(2)16-9-11(8-15-16)14-18-12(3,4)13(5,6)19-14;1-6(2)7(3,4)11-8(9-5)10-6;1-3-11-6(2)10-5-7(8)4-9-10;1-3-5-4-2;4-3-1-5-6-2-3;1-2-4-5-3-1;;;;;;;;;;1-2-3/h8-10H,7H2,1-6H3;1-5H3;4-6H,3H2,1-2H3;3H,1,4H2,2H3;1-2H,(H,5,6);1-3H,(H,4,5);9*1H4;3H. The van der Waals surface area contributed by atoms with E-state index in [4.69, 9.17) is 32.7 Å². The molecule has 6 heterocycles. The maximum Gasteiger partial charge on any atom is 0.0487 e. The number of nitrogens with one attached hydrogen (secondary N) is 2.